The lowest BCUT2D eigenvalue weighted by Gasteiger charge is -1.90. The molecule has 0 bridgehead atoms. The van der Waals surface area contributed by atoms with Crippen molar-refractivity contribution in [2.75, 3.05) is 13.7 Å². The second kappa shape index (κ2) is 3.25. The Morgan fingerprint density at radius 1 is 1.89 bits per heavy atom. The van der Waals surface area contributed by atoms with Crippen molar-refractivity contribution in [2.24, 2.45) is 0 Å². The molecule has 9 heavy (non-hydrogen) atoms. The number of aromatic nitrogens is 1. The Hall–Kier alpha value is -0.830. The van der Waals surface area contributed by atoms with Crippen molar-refractivity contribution in [3.63, 3.8) is 0 Å². The van der Waals surface area contributed by atoms with Gasteiger partial charge in [-0.2, -0.15) is 0 Å². The Balaban J connectivity index is 2.30. The molecule has 1 aromatic heterocycles. The normalized spacial score (nSPS) is 9.89. The standard InChI is InChI=1S/C6H8NO2/c1-8-5-3-6-2-4-7-9-6/h2H,3,5H2,1H3. The van der Waals surface area contributed by atoms with Gasteiger partial charge >= 0.3 is 0 Å². The first kappa shape index (κ1) is 6.29. The van der Waals surface area contributed by atoms with Gasteiger partial charge in [-0.15, -0.1) is 0 Å². The fourth-order valence-electron chi connectivity index (χ4n) is 0.530. The zero-order chi connectivity index (χ0) is 6.53. The topological polar surface area (TPSA) is 35.3 Å². The Bertz CT molecular complexity index is 148. The van der Waals surface area contributed by atoms with E-state index in [9.17, 15) is 0 Å². The maximum Gasteiger partial charge on any atom is 0.139 e. The van der Waals surface area contributed by atoms with Gasteiger partial charge in [0, 0.05) is 19.6 Å². The second-order valence-corrected chi connectivity index (χ2v) is 1.67. The first-order chi connectivity index (χ1) is 4.43. The van der Waals surface area contributed by atoms with E-state index in [-0.39, 0.29) is 0 Å². The zero-order valence-corrected chi connectivity index (χ0v) is 5.26. The van der Waals surface area contributed by atoms with Crippen molar-refractivity contribution in [2.45, 2.75) is 6.42 Å². The molecule has 0 aromatic carbocycles. The lowest BCUT2D eigenvalue weighted by molar-refractivity contribution is 0.193. The van der Waals surface area contributed by atoms with Crippen LogP contribution in [0.15, 0.2) is 10.6 Å². The Morgan fingerprint density at radius 2 is 2.78 bits per heavy atom. The van der Waals surface area contributed by atoms with E-state index in [4.69, 9.17) is 9.26 Å². The summed E-state index contributed by atoms with van der Waals surface area (Å²) in [5.41, 5.74) is 0. The molecule has 0 saturated heterocycles. The Morgan fingerprint density at radius 3 is 3.33 bits per heavy atom. The summed E-state index contributed by atoms with van der Waals surface area (Å²) in [7, 11) is 1.65. The number of rotatable bonds is 3. The molecule has 0 amide bonds. The zero-order valence-electron chi connectivity index (χ0n) is 5.26. The van der Waals surface area contributed by atoms with Gasteiger partial charge in [0.2, 0.25) is 0 Å². The Labute approximate surface area is 53.6 Å². The molecule has 0 atom stereocenters. The van der Waals surface area contributed by atoms with Crippen molar-refractivity contribution in [1.29, 1.82) is 0 Å². The van der Waals surface area contributed by atoms with Gasteiger partial charge in [-0.05, 0) is 0 Å². The first-order valence-corrected chi connectivity index (χ1v) is 2.74. The van der Waals surface area contributed by atoms with E-state index in [1.807, 2.05) is 0 Å². The molecule has 3 nitrogen and oxygen atoms in total. The van der Waals surface area contributed by atoms with Crippen LogP contribution in [0.1, 0.15) is 5.76 Å². The molecule has 0 fully saturated rings. The van der Waals surface area contributed by atoms with E-state index in [1.54, 1.807) is 13.2 Å². The summed E-state index contributed by atoms with van der Waals surface area (Å²) >= 11 is 0. The summed E-state index contributed by atoms with van der Waals surface area (Å²) in [6, 6.07) is 1.71. The largest absolute Gasteiger partial charge is 0.384 e. The molecular weight excluding hydrogens is 118 g/mol. The predicted molar refractivity (Wildman–Crippen MR) is 30.9 cm³/mol. The highest BCUT2D eigenvalue weighted by atomic mass is 16.5. The van der Waals surface area contributed by atoms with Gasteiger partial charge in [0.05, 0.1) is 6.61 Å². The highest BCUT2D eigenvalue weighted by Crippen LogP contribution is 1.95. The summed E-state index contributed by atoms with van der Waals surface area (Å²) in [6.07, 6.45) is 3.34. The summed E-state index contributed by atoms with van der Waals surface area (Å²) in [6.45, 7) is 0.670. The van der Waals surface area contributed by atoms with E-state index in [0.29, 0.717) is 6.61 Å². The van der Waals surface area contributed by atoms with Crippen LogP contribution in [-0.2, 0) is 11.2 Å². The van der Waals surface area contributed by atoms with Gasteiger partial charge < -0.3 is 9.26 Å². The third-order valence-electron chi connectivity index (χ3n) is 0.994. The minimum atomic E-state index is 0.670. The quantitative estimate of drug-likeness (QED) is 0.596. The van der Waals surface area contributed by atoms with Crippen molar-refractivity contribution in [1.82, 2.24) is 5.16 Å². The maximum absolute atomic E-state index is 4.81. The minimum Gasteiger partial charge on any atom is -0.384 e. The van der Waals surface area contributed by atoms with Gasteiger partial charge in [0.1, 0.15) is 12.0 Å². The van der Waals surface area contributed by atoms with Crippen molar-refractivity contribution in [3.05, 3.63) is 18.0 Å². The number of ether oxygens (including phenoxy) is 1. The average molecular weight is 126 g/mol. The van der Waals surface area contributed by atoms with Crippen LogP contribution in [0.4, 0.5) is 0 Å². The van der Waals surface area contributed by atoms with Crippen LogP contribution in [0, 0.1) is 6.20 Å². The summed E-state index contributed by atoms with van der Waals surface area (Å²) in [5, 5.41) is 3.42. The minimum absolute atomic E-state index is 0.670. The van der Waals surface area contributed by atoms with Crippen LogP contribution >= 0.6 is 0 Å². The molecule has 0 spiro atoms. The summed E-state index contributed by atoms with van der Waals surface area (Å²) < 4.78 is 9.56. The van der Waals surface area contributed by atoms with Crippen LogP contribution in [0.3, 0.4) is 0 Å². The molecule has 0 unspecified atom stereocenters. The predicted octanol–water partition coefficient (Wildman–Crippen LogP) is 0.664. The molecule has 0 aliphatic heterocycles. The fraction of sp³-hybridized carbons (Fsp3) is 0.500. The maximum atomic E-state index is 4.81. The van der Waals surface area contributed by atoms with Crippen LogP contribution in [-0.4, -0.2) is 18.9 Å². The highest BCUT2D eigenvalue weighted by Gasteiger charge is 1.93. The molecule has 49 valence electrons. The van der Waals surface area contributed by atoms with Crippen LogP contribution < -0.4 is 0 Å². The van der Waals surface area contributed by atoms with Crippen molar-refractivity contribution in [3.8, 4) is 0 Å². The van der Waals surface area contributed by atoms with E-state index in [1.165, 1.54) is 0 Å². The molecule has 1 aromatic rings. The molecule has 0 aliphatic rings. The van der Waals surface area contributed by atoms with E-state index in [0.717, 1.165) is 12.2 Å². The summed E-state index contributed by atoms with van der Waals surface area (Å²) in [4.78, 5) is 0. The smallest absolute Gasteiger partial charge is 0.139 e. The van der Waals surface area contributed by atoms with Gasteiger partial charge in [-0.1, -0.05) is 5.16 Å². The van der Waals surface area contributed by atoms with Gasteiger partial charge in [-0.3, -0.25) is 0 Å². The fourth-order valence-corrected chi connectivity index (χ4v) is 0.530. The summed E-state index contributed by atoms with van der Waals surface area (Å²) in [5.74, 6) is 0.817. The van der Waals surface area contributed by atoms with Crippen LogP contribution in [0.5, 0.6) is 0 Å². The number of nitrogens with zero attached hydrogens (tertiary/aromatic N) is 1. The van der Waals surface area contributed by atoms with Crippen molar-refractivity contribution >= 4 is 0 Å². The monoisotopic (exact) mass is 126 g/mol. The molecule has 0 aliphatic carbocycles. The van der Waals surface area contributed by atoms with Gasteiger partial charge in [-0.25, -0.2) is 0 Å². The number of hydrogen-bond acceptors (Lipinski definition) is 3. The molecule has 3 heteroatoms. The Kier molecular flexibility index (Phi) is 2.27. The third-order valence-corrected chi connectivity index (χ3v) is 0.994. The van der Waals surface area contributed by atoms with Crippen molar-refractivity contribution < 1.29 is 9.26 Å². The molecule has 1 radical (unpaired) electrons. The number of methoxy groups -OCH3 is 1. The van der Waals surface area contributed by atoms with Gasteiger partial charge in [0.25, 0.3) is 0 Å². The van der Waals surface area contributed by atoms with E-state index < -0.39 is 0 Å². The van der Waals surface area contributed by atoms with Gasteiger partial charge in [0.15, 0.2) is 0 Å². The van der Waals surface area contributed by atoms with E-state index >= 15 is 0 Å². The molecule has 1 heterocycles. The SMILES string of the molecule is COCCc1c[c]no1. The average Bonchev–Trinajstić information content (AvgIpc) is 2.34. The number of hydrogen-bond donors (Lipinski definition) is 0. The lowest BCUT2D eigenvalue weighted by atomic mass is 10.3. The van der Waals surface area contributed by atoms with Crippen LogP contribution in [0.2, 0.25) is 0 Å². The molecule has 0 N–H and O–H groups in total. The van der Waals surface area contributed by atoms with Crippen LogP contribution in [0.25, 0.3) is 0 Å². The lowest BCUT2D eigenvalue weighted by Crippen LogP contribution is -1.91. The second-order valence-electron chi connectivity index (χ2n) is 1.67. The first-order valence-electron chi connectivity index (χ1n) is 2.74. The third kappa shape index (κ3) is 1.85. The van der Waals surface area contributed by atoms with E-state index in [2.05, 4.69) is 11.4 Å². The molecule has 1 rings (SSSR count). The molecule has 0 saturated carbocycles. The molecular formula is C6H8NO2. The highest BCUT2D eigenvalue weighted by molar-refractivity contribution is 4.91.